The number of carbonyl (C=O) groups is 1. The second-order valence-corrected chi connectivity index (χ2v) is 5.21. The third-order valence-electron chi connectivity index (χ3n) is 3.30. The smallest absolute Gasteiger partial charge is 0.267 e. The molecular weight excluding hydrogens is 296 g/mol. The molecule has 0 fully saturated rings. The average molecular weight is 309 g/mol. The summed E-state index contributed by atoms with van der Waals surface area (Å²) in [5.74, 6) is -0.270. The summed E-state index contributed by atoms with van der Waals surface area (Å²) in [6, 6.07) is 20.7. The maximum absolute atomic E-state index is 11.9. The van der Waals surface area contributed by atoms with Crippen LogP contribution < -0.4 is 5.43 Å². The minimum Gasteiger partial charge on any atom is -0.267 e. The molecule has 0 unspecified atom stereocenters. The molecule has 3 rings (SSSR count). The molecule has 1 amide bonds. The predicted octanol–water partition coefficient (Wildman–Crippen LogP) is 4.26. The van der Waals surface area contributed by atoms with Gasteiger partial charge in [-0.25, -0.2) is 5.43 Å². The Kier molecular flexibility index (Phi) is 4.17. The van der Waals surface area contributed by atoms with Gasteiger partial charge in [-0.2, -0.15) is 5.10 Å². The first-order chi connectivity index (χ1) is 10.7. The maximum atomic E-state index is 11.9. The summed E-state index contributed by atoms with van der Waals surface area (Å²) in [7, 11) is 0. The van der Waals surface area contributed by atoms with Gasteiger partial charge in [-0.15, -0.1) is 0 Å². The summed E-state index contributed by atoms with van der Waals surface area (Å²) in [5, 5.41) is 6.85. The van der Waals surface area contributed by atoms with Gasteiger partial charge in [-0.1, -0.05) is 54.1 Å². The van der Waals surface area contributed by atoms with Crippen LogP contribution in [0.15, 0.2) is 71.8 Å². The number of nitrogens with one attached hydrogen (secondary N) is 1. The zero-order chi connectivity index (χ0) is 15.4. The molecule has 0 saturated heterocycles. The second-order valence-electron chi connectivity index (χ2n) is 4.77. The Hall–Kier alpha value is -2.65. The molecular formula is C18H13ClN2O. The van der Waals surface area contributed by atoms with Gasteiger partial charge in [-0.05, 0) is 35.0 Å². The van der Waals surface area contributed by atoms with E-state index in [0.717, 1.165) is 16.3 Å². The van der Waals surface area contributed by atoms with Gasteiger partial charge >= 0.3 is 0 Å². The van der Waals surface area contributed by atoms with E-state index in [2.05, 4.69) is 10.5 Å². The van der Waals surface area contributed by atoms with E-state index in [1.165, 1.54) is 0 Å². The van der Waals surface area contributed by atoms with Crippen molar-refractivity contribution >= 4 is 34.5 Å². The van der Waals surface area contributed by atoms with Crippen molar-refractivity contribution < 1.29 is 4.79 Å². The van der Waals surface area contributed by atoms with Crippen LogP contribution in [0.4, 0.5) is 0 Å². The molecule has 0 saturated carbocycles. The van der Waals surface area contributed by atoms with Crippen molar-refractivity contribution in [3.8, 4) is 0 Å². The van der Waals surface area contributed by atoms with E-state index in [-0.39, 0.29) is 5.91 Å². The van der Waals surface area contributed by atoms with E-state index < -0.39 is 0 Å². The van der Waals surface area contributed by atoms with Gasteiger partial charge in [0.25, 0.3) is 5.91 Å². The van der Waals surface area contributed by atoms with Crippen LogP contribution in [0.5, 0.6) is 0 Å². The van der Waals surface area contributed by atoms with Crippen molar-refractivity contribution in [3.05, 3.63) is 82.9 Å². The SMILES string of the molecule is O=C(NN=Cc1cccc2ccccc12)c1ccc(Cl)cc1. The summed E-state index contributed by atoms with van der Waals surface area (Å²) in [5.41, 5.74) is 3.99. The lowest BCUT2D eigenvalue weighted by molar-refractivity contribution is 0.0955. The summed E-state index contributed by atoms with van der Waals surface area (Å²) in [4.78, 5) is 11.9. The van der Waals surface area contributed by atoms with Crippen LogP contribution >= 0.6 is 11.6 Å². The molecule has 0 spiro atoms. The van der Waals surface area contributed by atoms with Crippen LogP contribution in [0.25, 0.3) is 10.8 Å². The topological polar surface area (TPSA) is 41.5 Å². The van der Waals surface area contributed by atoms with Crippen molar-refractivity contribution in [1.82, 2.24) is 5.43 Å². The number of hydrazone groups is 1. The molecule has 108 valence electrons. The standard InChI is InChI=1S/C18H13ClN2O/c19-16-10-8-14(9-11-16)18(22)21-20-12-15-6-3-5-13-4-1-2-7-17(13)15/h1-12H,(H,21,22). The van der Waals surface area contributed by atoms with E-state index in [1.807, 2.05) is 42.5 Å². The molecule has 0 heterocycles. The first-order valence-corrected chi connectivity index (χ1v) is 7.18. The first-order valence-electron chi connectivity index (χ1n) is 6.81. The number of benzene rings is 3. The van der Waals surface area contributed by atoms with Crippen LogP contribution in [0.3, 0.4) is 0 Å². The monoisotopic (exact) mass is 308 g/mol. The van der Waals surface area contributed by atoms with Crippen LogP contribution in [0, 0.1) is 0 Å². The molecule has 0 aromatic heterocycles. The van der Waals surface area contributed by atoms with E-state index in [0.29, 0.717) is 10.6 Å². The van der Waals surface area contributed by atoms with Gasteiger partial charge in [0.15, 0.2) is 0 Å². The van der Waals surface area contributed by atoms with Crippen LogP contribution in [0.2, 0.25) is 5.02 Å². The average Bonchev–Trinajstić information content (AvgIpc) is 2.55. The molecule has 3 nitrogen and oxygen atoms in total. The van der Waals surface area contributed by atoms with Crippen LogP contribution in [-0.2, 0) is 0 Å². The summed E-state index contributed by atoms with van der Waals surface area (Å²) >= 11 is 5.79. The highest BCUT2D eigenvalue weighted by Crippen LogP contribution is 2.16. The molecule has 1 N–H and O–H groups in total. The van der Waals surface area contributed by atoms with E-state index in [9.17, 15) is 4.79 Å². The largest absolute Gasteiger partial charge is 0.271 e. The maximum Gasteiger partial charge on any atom is 0.271 e. The predicted molar refractivity (Wildman–Crippen MR) is 90.5 cm³/mol. The van der Waals surface area contributed by atoms with Gasteiger partial charge in [-0.3, -0.25) is 4.79 Å². The number of hydrogen-bond donors (Lipinski definition) is 1. The quantitative estimate of drug-likeness (QED) is 0.570. The van der Waals surface area contributed by atoms with Gasteiger partial charge < -0.3 is 0 Å². The number of rotatable bonds is 3. The molecule has 0 aliphatic heterocycles. The van der Waals surface area contributed by atoms with Crippen molar-refractivity contribution in [3.63, 3.8) is 0 Å². The van der Waals surface area contributed by atoms with Crippen molar-refractivity contribution in [2.75, 3.05) is 0 Å². The van der Waals surface area contributed by atoms with Gasteiger partial charge in [0, 0.05) is 16.1 Å². The zero-order valence-electron chi connectivity index (χ0n) is 11.7. The minimum absolute atomic E-state index is 0.270. The summed E-state index contributed by atoms with van der Waals surface area (Å²) < 4.78 is 0. The Balaban J connectivity index is 1.76. The minimum atomic E-state index is -0.270. The molecule has 4 heteroatoms. The highest BCUT2D eigenvalue weighted by atomic mass is 35.5. The highest BCUT2D eigenvalue weighted by molar-refractivity contribution is 6.30. The Labute approximate surface area is 133 Å². The lowest BCUT2D eigenvalue weighted by atomic mass is 10.1. The summed E-state index contributed by atoms with van der Waals surface area (Å²) in [6.07, 6.45) is 1.65. The van der Waals surface area contributed by atoms with Crippen LogP contribution in [-0.4, -0.2) is 12.1 Å². The summed E-state index contributed by atoms with van der Waals surface area (Å²) in [6.45, 7) is 0. The molecule has 0 atom stereocenters. The molecule has 0 aliphatic carbocycles. The normalized spacial score (nSPS) is 11.0. The number of fused-ring (bicyclic) bond motifs is 1. The Morgan fingerprint density at radius 3 is 2.50 bits per heavy atom. The second kappa shape index (κ2) is 6.41. The number of nitrogens with zero attached hydrogens (tertiary/aromatic N) is 1. The fourth-order valence-electron chi connectivity index (χ4n) is 2.19. The number of halogens is 1. The third kappa shape index (κ3) is 3.15. The number of carbonyl (C=O) groups excluding carboxylic acids is 1. The molecule has 0 aliphatic rings. The number of hydrogen-bond acceptors (Lipinski definition) is 2. The van der Waals surface area contributed by atoms with Gasteiger partial charge in [0.05, 0.1) is 6.21 Å². The fraction of sp³-hybridized carbons (Fsp3) is 0. The van der Waals surface area contributed by atoms with Gasteiger partial charge in [0.1, 0.15) is 0 Å². The lowest BCUT2D eigenvalue weighted by Crippen LogP contribution is -2.17. The molecule has 3 aromatic rings. The van der Waals surface area contributed by atoms with Crippen molar-refractivity contribution in [2.24, 2.45) is 5.10 Å². The fourth-order valence-corrected chi connectivity index (χ4v) is 2.32. The molecule has 0 bridgehead atoms. The van der Waals surface area contributed by atoms with Gasteiger partial charge in [0.2, 0.25) is 0 Å². The molecule has 3 aromatic carbocycles. The Morgan fingerprint density at radius 1 is 0.955 bits per heavy atom. The van der Waals surface area contributed by atoms with E-state index >= 15 is 0 Å². The molecule has 22 heavy (non-hydrogen) atoms. The highest BCUT2D eigenvalue weighted by Gasteiger charge is 2.03. The Bertz CT molecular complexity index is 836. The van der Waals surface area contributed by atoms with E-state index in [4.69, 9.17) is 11.6 Å². The molecule has 0 radical (unpaired) electrons. The first kappa shape index (κ1) is 14.3. The zero-order valence-corrected chi connectivity index (χ0v) is 12.4. The van der Waals surface area contributed by atoms with Crippen molar-refractivity contribution in [1.29, 1.82) is 0 Å². The third-order valence-corrected chi connectivity index (χ3v) is 3.55. The number of amides is 1. The lowest BCUT2D eigenvalue weighted by Gasteiger charge is -2.02. The Morgan fingerprint density at radius 2 is 1.68 bits per heavy atom. The van der Waals surface area contributed by atoms with Crippen LogP contribution in [0.1, 0.15) is 15.9 Å². The van der Waals surface area contributed by atoms with E-state index in [1.54, 1.807) is 30.5 Å². The van der Waals surface area contributed by atoms with Crippen molar-refractivity contribution in [2.45, 2.75) is 0 Å².